The second kappa shape index (κ2) is 6.62. The zero-order valence-corrected chi connectivity index (χ0v) is 15.3. The fourth-order valence-electron chi connectivity index (χ4n) is 3.53. The van der Waals surface area contributed by atoms with E-state index in [-0.39, 0.29) is 11.8 Å². The lowest BCUT2D eigenvalue weighted by atomic mass is 9.86. The highest BCUT2D eigenvalue weighted by Crippen LogP contribution is 2.35. The Balaban J connectivity index is 2.24. The van der Waals surface area contributed by atoms with Crippen molar-refractivity contribution in [1.82, 2.24) is 9.80 Å². The molecule has 0 N–H and O–H groups in total. The Hall–Kier alpha value is -1.39. The van der Waals surface area contributed by atoms with Crippen molar-refractivity contribution in [3.05, 3.63) is 0 Å². The molecule has 2 aliphatic heterocycles. The van der Waals surface area contributed by atoms with Crippen molar-refractivity contribution in [2.75, 3.05) is 19.6 Å². The molecule has 0 aromatic rings. The van der Waals surface area contributed by atoms with Crippen LogP contribution in [0.15, 0.2) is 4.99 Å². The topological polar surface area (TPSA) is 53.0 Å². The minimum atomic E-state index is -0.724. The zero-order chi connectivity index (χ0) is 17.3. The molecule has 0 saturated carbocycles. The number of likely N-dealkylation sites (tertiary alicyclic amines) is 1. The average molecular weight is 321 g/mol. The van der Waals surface area contributed by atoms with Gasteiger partial charge in [-0.25, -0.2) is 0 Å². The van der Waals surface area contributed by atoms with Crippen molar-refractivity contribution < 1.29 is 9.59 Å². The molecular weight excluding hydrogens is 290 g/mol. The van der Waals surface area contributed by atoms with Crippen LogP contribution in [-0.4, -0.2) is 52.6 Å². The second-order valence-electron chi connectivity index (χ2n) is 7.79. The van der Waals surface area contributed by atoms with E-state index in [1.165, 1.54) is 0 Å². The van der Waals surface area contributed by atoms with E-state index < -0.39 is 11.0 Å². The Morgan fingerprint density at radius 3 is 2.57 bits per heavy atom. The molecule has 2 amide bonds. The lowest BCUT2D eigenvalue weighted by Crippen LogP contribution is -2.56. The highest BCUT2D eigenvalue weighted by atomic mass is 16.2. The number of carbonyl (C=O) groups is 2. The fourth-order valence-corrected chi connectivity index (χ4v) is 3.53. The number of piperidine rings is 1. The number of carbonyl (C=O) groups excluding carboxylic acids is 2. The molecule has 23 heavy (non-hydrogen) atoms. The summed E-state index contributed by atoms with van der Waals surface area (Å²) in [4.78, 5) is 34.1. The molecule has 1 spiro atoms. The van der Waals surface area contributed by atoms with Gasteiger partial charge >= 0.3 is 0 Å². The molecule has 130 valence electrons. The Morgan fingerprint density at radius 1 is 1.30 bits per heavy atom. The zero-order valence-electron chi connectivity index (χ0n) is 15.3. The smallest absolute Gasteiger partial charge is 0.257 e. The molecule has 1 fully saturated rings. The predicted octanol–water partition coefficient (Wildman–Crippen LogP) is 2.84. The molecule has 1 atom stereocenters. The lowest BCUT2D eigenvalue weighted by molar-refractivity contribution is -0.144. The van der Waals surface area contributed by atoms with Gasteiger partial charge in [-0.3, -0.25) is 19.5 Å². The highest BCUT2D eigenvalue weighted by Gasteiger charge is 2.51. The van der Waals surface area contributed by atoms with Crippen LogP contribution in [0, 0.1) is 5.41 Å². The van der Waals surface area contributed by atoms with E-state index in [9.17, 15) is 9.59 Å². The van der Waals surface area contributed by atoms with Crippen LogP contribution in [0.1, 0.15) is 66.7 Å². The maximum atomic E-state index is 13.0. The van der Waals surface area contributed by atoms with Crippen LogP contribution < -0.4 is 0 Å². The first-order chi connectivity index (χ1) is 10.7. The van der Waals surface area contributed by atoms with Crippen molar-refractivity contribution in [3.63, 3.8) is 0 Å². The number of hydrogen-bond donors (Lipinski definition) is 0. The summed E-state index contributed by atoms with van der Waals surface area (Å²) in [6.07, 6.45) is 4.59. The van der Waals surface area contributed by atoms with Gasteiger partial charge in [0.1, 0.15) is 5.84 Å². The van der Waals surface area contributed by atoms with Gasteiger partial charge in [-0.15, -0.1) is 0 Å². The molecular formula is C18H31N3O2. The van der Waals surface area contributed by atoms with E-state index in [2.05, 4.69) is 6.92 Å². The molecule has 2 rings (SSSR count). The minimum absolute atomic E-state index is 0.0949. The molecule has 1 unspecified atom stereocenters. The summed E-state index contributed by atoms with van der Waals surface area (Å²) in [5, 5.41) is 0. The molecule has 0 aliphatic carbocycles. The maximum absolute atomic E-state index is 13.0. The molecule has 5 heteroatoms. The van der Waals surface area contributed by atoms with Gasteiger partial charge in [0.05, 0.1) is 6.54 Å². The second-order valence-corrected chi connectivity index (χ2v) is 7.79. The first kappa shape index (κ1) is 18.0. The summed E-state index contributed by atoms with van der Waals surface area (Å²) in [5.74, 6) is 1.13. The quantitative estimate of drug-likeness (QED) is 0.799. The van der Waals surface area contributed by atoms with Gasteiger partial charge < -0.3 is 4.90 Å². The summed E-state index contributed by atoms with van der Waals surface area (Å²) in [6, 6.07) is 0. The summed E-state index contributed by atoms with van der Waals surface area (Å²) in [7, 11) is 0. The molecule has 5 nitrogen and oxygen atoms in total. The SMILES string of the molecule is CCCCC1=NC2(CCCN(C(=O)C(C)(C)C)C2)C(=O)N1CC. The standard InChI is InChI=1S/C18H31N3O2/c1-6-8-10-14-19-18(16(23)21(14)7-2)11-9-12-20(13-18)15(22)17(3,4)5/h6-13H2,1-5H3. The van der Waals surface area contributed by atoms with Crippen LogP contribution >= 0.6 is 0 Å². The van der Waals surface area contributed by atoms with Gasteiger partial charge in [0.25, 0.3) is 5.91 Å². The number of nitrogens with zero attached hydrogens (tertiary/aromatic N) is 3. The van der Waals surface area contributed by atoms with Crippen molar-refractivity contribution in [2.24, 2.45) is 10.4 Å². The summed E-state index contributed by atoms with van der Waals surface area (Å²) in [5.41, 5.74) is -1.14. The maximum Gasteiger partial charge on any atom is 0.257 e. The third-order valence-corrected chi connectivity index (χ3v) is 4.77. The van der Waals surface area contributed by atoms with Crippen molar-refractivity contribution in [2.45, 2.75) is 72.3 Å². The number of unbranched alkanes of at least 4 members (excludes halogenated alkanes) is 1. The summed E-state index contributed by atoms with van der Waals surface area (Å²) >= 11 is 0. The van der Waals surface area contributed by atoms with Crippen molar-refractivity contribution >= 4 is 17.6 Å². The predicted molar refractivity (Wildman–Crippen MR) is 92.3 cm³/mol. The van der Waals surface area contributed by atoms with Crippen LogP contribution in [-0.2, 0) is 9.59 Å². The summed E-state index contributed by atoms with van der Waals surface area (Å²) < 4.78 is 0. The van der Waals surface area contributed by atoms with Gasteiger partial charge in [0.2, 0.25) is 5.91 Å². The number of rotatable bonds is 4. The molecule has 2 aliphatic rings. The number of hydrogen-bond acceptors (Lipinski definition) is 3. The van der Waals surface area contributed by atoms with Crippen LogP contribution in [0.2, 0.25) is 0 Å². The van der Waals surface area contributed by atoms with E-state index in [4.69, 9.17) is 4.99 Å². The number of amides is 2. The first-order valence-electron chi connectivity index (χ1n) is 8.95. The monoisotopic (exact) mass is 321 g/mol. The van der Waals surface area contributed by atoms with Gasteiger partial charge in [-0.1, -0.05) is 34.1 Å². The molecule has 0 aromatic heterocycles. The Kier molecular flexibility index (Phi) is 5.17. The van der Waals surface area contributed by atoms with Gasteiger partial charge in [0, 0.05) is 24.9 Å². The summed E-state index contributed by atoms with van der Waals surface area (Å²) in [6.45, 7) is 11.8. The highest BCUT2D eigenvalue weighted by molar-refractivity contribution is 6.08. The lowest BCUT2D eigenvalue weighted by Gasteiger charge is -2.39. The molecule has 0 aromatic carbocycles. The first-order valence-corrected chi connectivity index (χ1v) is 8.95. The van der Waals surface area contributed by atoms with Gasteiger partial charge in [-0.2, -0.15) is 0 Å². The minimum Gasteiger partial charge on any atom is -0.339 e. The number of likely N-dealkylation sites (N-methyl/N-ethyl adjacent to an activating group) is 1. The van der Waals surface area contributed by atoms with E-state index in [0.29, 0.717) is 13.1 Å². The molecule has 1 saturated heterocycles. The van der Waals surface area contributed by atoms with Crippen LogP contribution in [0.25, 0.3) is 0 Å². The molecule has 2 heterocycles. The van der Waals surface area contributed by atoms with Crippen LogP contribution in [0.3, 0.4) is 0 Å². The van der Waals surface area contributed by atoms with E-state index >= 15 is 0 Å². The largest absolute Gasteiger partial charge is 0.339 e. The normalized spacial score (nSPS) is 25.3. The van der Waals surface area contributed by atoms with Crippen molar-refractivity contribution in [3.8, 4) is 0 Å². The van der Waals surface area contributed by atoms with E-state index in [0.717, 1.165) is 44.5 Å². The Labute approximate surface area is 140 Å². The van der Waals surface area contributed by atoms with Gasteiger partial charge in [0.15, 0.2) is 5.54 Å². The molecule has 0 radical (unpaired) electrons. The third-order valence-electron chi connectivity index (χ3n) is 4.77. The molecule has 0 bridgehead atoms. The van der Waals surface area contributed by atoms with Crippen molar-refractivity contribution in [1.29, 1.82) is 0 Å². The van der Waals surface area contributed by atoms with E-state index in [1.54, 1.807) is 0 Å². The Bertz CT molecular complexity index is 507. The average Bonchev–Trinajstić information content (AvgIpc) is 2.75. The fraction of sp³-hybridized carbons (Fsp3) is 0.833. The Morgan fingerprint density at radius 2 is 2.00 bits per heavy atom. The van der Waals surface area contributed by atoms with Crippen LogP contribution in [0.4, 0.5) is 0 Å². The number of aliphatic imine (C=N–C) groups is 1. The van der Waals surface area contributed by atoms with E-state index in [1.807, 2.05) is 37.5 Å². The van der Waals surface area contributed by atoms with Crippen LogP contribution in [0.5, 0.6) is 0 Å². The third kappa shape index (κ3) is 3.43. The number of amidine groups is 1. The van der Waals surface area contributed by atoms with Gasteiger partial charge in [-0.05, 0) is 26.2 Å².